The third-order valence-electron chi connectivity index (χ3n) is 9.54. The van der Waals surface area contributed by atoms with Gasteiger partial charge in [0.25, 0.3) is 0 Å². The normalized spacial score (nSPS) is 20.8. The summed E-state index contributed by atoms with van der Waals surface area (Å²) in [5.74, 6) is 0.0562. The molecule has 44 heavy (non-hydrogen) atoms. The molecule has 9 heteroatoms. The molecule has 0 saturated carbocycles. The molecule has 2 N–H and O–H groups in total. The predicted octanol–water partition coefficient (Wildman–Crippen LogP) is 3.97. The minimum atomic E-state index is -0.767. The Bertz CT molecular complexity index is 1200. The molecule has 3 aliphatic heterocycles. The van der Waals surface area contributed by atoms with Crippen molar-refractivity contribution in [1.29, 1.82) is 0 Å². The zero-order valence-corrected chi connectivity index (χ0v) is 26.1. The Morgan fingerprint density at radius 2 is 1.48 bits per heavy atom. The first kappa shape index (κ1) is 32.0. The van der Waals surface area contributed by atoms with Crippen molar-refractivity contribution in [3.63, 3.8) is 0 Å². The van der Waals surface area contributed by atoms with Crippen LogP contribution in [0.15, 0.2) is 60.7 Å². The van der Waals surface area contributed by atoms with Gasteiger partial charge in [-0.15, -0.1) is 0 Å². The second-order valence-electron chi connectivity index (χ2n) is 12.5. The van der Waals surface area contributed by atoms with Gasteiger partial charge in [-0.1, -0.05) is 67.1 Å². The quantitative estimate of drug-likeness (QED) is 0.337. The van der Waals surface area contributed by atoms with Gasteiger partial charge in [-0.3, -0.25) is 9.59 Å². The molecule has 0 bridgehead atoms. The van der Waals surface area contributed by atoms with Crippen molar-refractivity contribution in [1.82, 2.24) is 25.3 Å². The van der Waals surface area contributed by atoms with E-state index in [2.05, 4.69) is 44.7 Å². The molecule has 238 valence electrons. The molecule has 5 rings (SSSR count). The number of ether oxygens (including phenoxy) is 1. The summed E-state index contributed by atoms with van der Waals surface area (Å²) >= 11 is 0. The number of amides is 3. The Balaban J connectivity index is 1.12. The van der Waals surface area contributed by atoms with E-state index in [1.165, 1.54) is 24.8 Å². The topological polar surface area (TPSA) is 94.2 Å². The van der Waals surface area contributed by atoms with Gasteiger partial charge >= 0.3 is 6.09 Å². The van der Waals surface area contributed by atoms with Crippen LogP contribution in [-0.4, -0.2) is 96.5 Å². The van der Waals surface area contributed by atoms with Crippen molar-refractivity contribution in [2.75, 3.05) is 52.4 Å². The summed E-state index contributed by atoms with van der Waals surface area (Å²) in [6, 6.07) is 19.6. The lowest BCUT2D eigenvalue weighted by Crippen LogP contribution is -2.73. The summed E-state index contributed by atoms with van der Waals surface area (Å²) in [4.78, 5) is 46.7. The van der Waals surface area contributed by atoms with E-state index in [0.29, 0.717) is 38.8 Å². The maximum absolute atomic E-state index is 14.0. The number of carbonyl (C=O) groups is 3. The number of hydrogen-bond donors (Lipinski definition) is 2. The van der Waals surface area contributed by atoms with Crippen LogP contribution in [0, 0.1) is 0 Å². The first-order valence-corrected chi connectivity index (χ1v) is 16.6. The molecule has 3 heterocycles. The molecule has 2 aromatic rings. The predicted molar refractivity (Wildman–Crippen MR) is 171 cm³/mol. The first-order valence-electron chi connectivity index (χ1n) is 16.6. The second-order valence-corrected chi connectivity index (χ2v) is 12.5. The van der Waals surface area contributed by atoms with Crippen molar-refractivity contribution in [3.8, 4) is 0 Å². The highest BCUT2D eigenvalue weighted by Gasteiger charge is 2.53. The summed E-state index contributed by atoms with van der Waals surface area (Å²) in [5, 5.41) is 5.92. The molecule has 3 aliphatic rings. The first-order chi connectivity index (χ1) is 21.5. The number of unbranched alkanes of at least 4 members (excludes halogenated alkanes) is 1. The van der Waals surface area contributed by atoms with Crippen LogP contribution in [0.1, 0.15) is 62.5 Å². The molecule has 9 nitrogen and oxygen atoms in total. The van der Waals surface area contributed by atoms with Gasteiger partial charge in [0.05, 0.1) is 0 Å². The van der Waals surface area contributed by atoms with Gasteiger partial charge in [-0.25, -0.2) is 4.79 Å². The van der Waals surface area contributed by atoms with Crippen molar-refractivity contribution in [2.24, 2.45) is 0 Å². The highest BCUT2D eigenvalue weighted by molar-refractivity contribution is 6.00. The van der Waals surface area contributed by atoms with Crippen LogP contribution in [0.25, 0.3) is 0 Å². The van der Waals surface area contributed by atoms with Gasteiger partial charge in [-0.05, 0) is 75.6 Å². The number of rotatable bonds is 13. The molecule has 3 saturated heterocycles. The van der Waals surface area contributed by atoms with E-state index in [1.807, 2.05) is 41.3 Å². The number of nitrogens with one attached hydrogen (secondary N) is 2. The Hall–Kier alpha value is -3.43. The van der Waals surface area contributed by atoms with Crippen molar-refractivity contribution >= 4 is 17.9 Å². The maximum atomic E-state index is 14.0. The van der Waals surface area contributed by atoms with E-state index in [-0.39, 0.29) is 18.4 Å². The third kappa shape index (κ3) is 8.60. The average molecular weight is 604 g/mol. The number of nitrogens with zero attached hydrogens (tertiary/aromatic N) is 3. The maximum Gasteiger partial charge on any atom is 0.407 e. The Morgan fingerprint density at radius 1 is 0.818 bits per heavy atom. The molecule has 0 radical (unpaired) electrons. The van der Waals surface area contributed by atoms with Crippen LogP contribution in [0.5, 0.6) is 0 Å². The van der Waals surface area contributed by atoms with E-state index in [4.69, 9.17) is 4.74 Å². The Kier molecular flexibility index (Phi) is 11.7. The fourth-order valence-electron chi connectivity index (χ4n) is 6.83. The third-order valence-corrected chi connectivity index (χ3v) is 9.54. The SMILES string of the molecule is O=C(NCCCC[C@@H]1NC(=O)C2(CCN(CCc3ccccc3)CC2)N(CCN2CCCCC2)C1=O)OCc1ccccc1. The van der Waals surface area contributed by atoms with Crippen molar-refractivity contribution in [2.45, 2.75) is 76.0 Å². The number of benzene rings is 2. The van der Waals surface area contributed by atoms with Crippen LogP contribution in [0.3, 0.4) is 0 Å². The molecule has 1 spiro atoms. The highest BCUT2D eigenvalue weighted by atomic mass is 16.5. The lowest BCUT2D eigenvalue weighted by molar-refractivity contribution is -0.161. The molecule has 0 unspecified atom stereocenters. The summed E-state index contributed by atoms with van der Waals surface area (Å²) in [6.45, 7) is 6.83. The zero-order chi connectivity index (χ0) is 30.6. The molecule has 0 aromatic heterocycles. The van der Waals surface area contributed by atoms with E-state index in [1.54, 1.807) is 0 Å². The molecule has 3 amide bonds. The van der Waals surface area contributed by atoms with E-state index >= 15 is 0 Å². The molecule has 1 atom stereocenters. The summed E-state index contributed by atoms with van der Waals surface area (Å²) in [7, 11) is 0. The Morgan fingerprint density at radius 3 is 2.18 bits per heavy atom. The summed E-state index contributed by atoms with van der Waals surface area (Å²) in [5.41, 5.74) is 1.50. The van der Waals surface area contributed by atoms with E-state index in [9.17, 15) is 14.4 Å². The largest absolute Gasteiger partial charge is 0.445 e. The highest BCUT2D eigenvalue weighted by Crippen LogP contribution is 2.34. The number of likely N-dealkylation sites (tertiary alicyclic amines) is 2. The Labute approximate surface area is 262 Å². The van der Waals surface area contributed by atoms with Gasteiger partial charge in [0.2, 0.25) is 11.8 Å². The summed E-state index contributed by atoms with van der Waals surface area (Å²) in [6.07, 6.45) is 7.53. The lowest BCUT2D eigenvalue weighted by atomic mass is 9.81. The van der Waals surface area contributed by atoms with Gasteiger partial charge in [0.15, 0.2) is 0 Å². The number of hydrogen-bond acceptors (Lipinski definition) is 6. The standard InChI is InChI=1S/C35H49N5O4/c41-32-31(16-8-9-20-36-34(43)44-28-30-14-6-2-7-15-30)37-33(42)35(40(32)27-26-38-21-10-3-11-22-38)18-24-39(25-19-35)23-17-29-12-4-1-5-13-29/h1-2,4-7,12-15,31H,3,8-11,16-28H2,(H,36,43)(H,37,42)/t31-/m0/s1. The minimum absolute atomic E-state index is 0.00562. The van der Waals surface area contributed by atoms with Gasteiger partial charge in [-0.2, -0.15) is 0 Å². The van der Waals surface area contributed by atoms with Crippen LogP contribution >= 0.6 is 0 Å². The number of carbonyl (C=O) groups excluding carboxylic acids is 3. The molecule has 2 aromatic carbocycles. The molecule has 3 fully saturated rings. The molecular weight excluding hydrogens is 554 g/mol. The van der Waals surface area contributed by atoms with E-state index < -0.39 is 17.7 Å². The van der Waals surface area contributed by atoms with Crippen LogP contribution in [0.2, 0.25) is 0 Å². The number of alkyl carbamates (subject to hydrolysis) is 1. The zero-order valence-electron chi connectivity index (χ0n) is 26.1. The minimum Gasteiger partial charge on any atom is -0.445 e. The number of piperidine rings is 2. The molecule has 0 aliphatic carbocycles. The fraction of sp³-hybridized carbons (Fsp3) is 0.571. The van der Waals surface area contributed by atoms with Gasteiger partial charge in [0.1, 0.15) is 18.2 Å². The van der Waals surface area contributed by atoms with Crippen LogP contribution < -0.4 is 10.6 Å². The van der Waals surface area contributed by atoms with Gasteiger partial charge in [0, 0.05) is 39.3 Å². The van der Waals surface area contributed by atoms with Crippen LogP contribution in [-0.2, 0) is 27.4 Å². The monoisotopic (exact) mass is 603 g/mol. The van der Waals surface area contributed by atoms with Crippen molar-refractivity contribution < 1.29 is 19.1 Å². The summed E-state index contributed by atoms with van der Waals surface area (Å²) < 4.78 is 5.28. The van der Waals surface area contributed by atoms with E-state index in [0.717, 1.165) is 57.7 Å². The van der Waals surface area contributed by atoms with Crippen LogP contribution in [0.4, 0.5) is 4.79 Å². The molecular formula is C35H49N5O4. The fourth-order valence-corrected chi connectivity index (χ4v) is 6.83. The number of piperazine rings is 1. The average Bonchev–Trinajstić information content (AvgIpc) is 3.07. The lowest BCUT2D eigenvalue weighted by Gasteiger charge is -2.52. The van der Waals surface area contributed by atoms with Crippen molar-refractivity contribution in [3.05, 3.63) is 71.8 Å². The smallest absolute Gasteiger partial charge is 0.407 e. The second kappa shape index (κ2) is 16.0. The van der Waals surface area contributed by atoms with Gasteiger partial charge < -0.3 is 30.1 Å².